The van der Waals surface area contributed by atoms with Crippen LogP contribution in [0.3, 0.4) is 0 Å². The fraction of sp³-hybridized carbons (Fsp3) is 0.667. The number of rotatable bonds is 5. The van der Waals surface area contributed by atoms with E-state index < -0.39 is 5.60 Å². The molecule has 0 spiro atoms. The molecule has 1 aliphatic carbocycles. The maximum absolute atomic E-state index is 10.4. The van der Waals surface area contributed by atoms with Crippen LogP contribution >= 0.6 is 0 Å². The van der Waals surface area contributed by atoms with Gasteiger partial charge in [-0.25, -0.2) is 0 Å². The molecular formula is C15H25N3O2. The molecule has 0 aliphatic heterocycles. The monoisotopic (exact) mass is 279 g/mol. The van der Waals surface area contributed by atoms with E-state index in [1.807, 2.05) is 13.0 Å². The lowest BCUT2D eigenvalue weighted by Gasteiger charge is -2.23. The third kappa shape index (κ3) is 3.76. The maximum Gasteiger partial charge on any atom is 0.191 e. The van der Waals surface area contributed by atoms with Crippen LogP contribution in [-0.2, 0) is 5.60 Å². The number of furan rings is 1. The zero-order valence-corrected chi connectivity index (χ0v) is 12.8. The van der Waals surface area contributed by atoms with Gasteiger partial charge in [-0.1, -0.05) is 6.92 Å². The summed E-state index contributed by atoms with van der Waals surface area (Å²) < 4.78 is 5.49. The van der Waals surface area contributed by atoms with Gasteiger partial charge in [0.2, 0.25) is 0 Å². The molecule has 1 aliphatic rings. The lowest BCUT2D eigenvalue weighted by molar-refractivity contribution is 0.0378. The van der Waals surface area contributed by atoms with Crippen molar-refractivity contribution in [1.82, 2.24) is 10.6 Å². The van der Waals surface area contributed by atoms with Crippen molar-refractivity contribution in [2.24, 2.45) is 10.4 Å². The van der Waals surface area contributed by atoms with Crippen LogP contribution in [0.4, 0.5) is 0 Å². The SMILES string of the molecule is CN=C(NCC1(C)CC1)NCC(C)(O)c1ccc(C)o1. The van der Waals surface area contributed by atoms with Crippen molar-refractivity contribution in [1.29, 1.82) is 0 Å². The van der Waals surface area contributed by atoms with Gasteiger partial charge in [-0.3, -0.25) is 4.99 Å². The quantitative estimate of drug-likeness (QED) is 0.567. The van der Waals surface area contributed by atoms with Gasteiger partial charge in [-0.2, -0.15) is 0 Å². The third-order valence-corrected chi connectivity index (χ3v) is 3.88. The minimum Gasteiger partial charge on any atom is -0.463 e. The highest BCUT2D eigenvalue weighted by Crippen LogP contribution is 2.43. The van der Waals surface area contributed by atoms with Gasteiger partial charge < -0.3 is 20.2 Å². The normalized spacial score (nSPS) is 20.4. The molecule has 112 valence electrons. The molecule has 0 radical (unpaired) electrons. The highest BCUT2D eigenvalue weighted by Gasteiger charge is 2.37. The Kier molecular flexibility index (Phi) is 4.09. The Morgan fingerprint density at radius 3 is 2.65 bits per heavy atom. The number of aliphatic hydroxyl groups is 1. The van der Waals surface area contributed by atoms with Crippen LogP contribution in [0, 0.1) is 12.3 Å². The summed E-state index contributed by atoms with van der Waals surface area (Å²) in [6, 6.07) is 3.66. The number of aryl methyl sites for hydroxylation is 1. The first kappa shape index (κ1) is 14.9. The minimum atomic E-state index is -1.06. The van der Waals surface area contributed by atoms with Crippen LogP contribution in [0.5, 0.6) is 0 Å². The van der Waals surface area contributed by atoms with Gasteiger partial charge in [0, 0.05) is 13.6 Å². The first-order valence-corrected chi connectivity index (χ1v) is 7.08. The standard InChI is InChI=1S/C15H25N3O2/c1-11-5-6-12(20-11)15(3,19)10-18-13(16-4)17-9-14(2)7-8-14/h5-6,19H,7-10H2,1-4H3,(H2,16,17,18). The van der Waals surface area contributed by atoms with Crippen molar-refractivity contribution < 1.29 is 9.52 Å². The molecule has 1 saturated carbocycles. The summed E-state index contributed by atoms with van der Waals surface area (Å²) in [6.07, 6.45) is 2.53. The Balaban J connectivity index is 1.85. The van der Waals surface area contributed by atoms with Gasteiger partial charge in [0.15, 0.2) is 5.96 Å². The van der Waals surface area contributed by atoms with Gasteiger partial charge in [-0.15, -0.1) is 0 Å². The molecule has 1 aromatic rings. The fourth-order valence-electron chi connectivity index (χ4n) is 1.97. The molecule has 0 saturated heterocycles. The van der Waals surface area contributed by atoms with E-state index in [0.29, 0.717) is 23.7 Å². The molecule has 0 bridgehead atoms. The molecule has 5 heteroatoms. The molecule has 1 aromatic heterocycles. The van der Waals surface area contributed by atoms with Crippen molar-refractivity contribution in [2.75, 3.05) is 20.1 Å². The van der Waals surface area contributed by atoms with Crippen LogP contribution < -0.4 is 10.6 Å². The molecule has 1 unspecified atom stereocenters. The predicted octanol–water partition coefficient (Wildman–Crippen LogP) is 1.76. The van der Waals surface area contributed by atoms with Crippen LogP contribution in [0.2, 0.25) is 0 Å². The Labute approximate surface area is 120 Å². The Morgan fingerprint density at radius 2 is 2.15 bits per heavy atom. The zero-order valence-electron chi connectivity index (χ0n) is 12.8. The van der Waals surface area contributed by atoms with Crippen LogP contribution in [0.25, 0.3) is 0 Å². The largest absolute Gasteiger partial charge is 0.463 e. The molecule has 5 nitrogen and oxygen atoms in total. The first-order valence-electron chi connectivity index (χ1n) is 7.08. The Morgan fingerprint density at radius 1 is 1.45 bits per heavy atom. The van der Waals surface area contributed by atoms with E-state index >= 15 is 0 Å². The van der Waals surface area contributed by atoms with E-state index in [2.05, 4.69) is 22.5 Å². The zero-order chi connectivity index (χ0) is 14.8. The van der Waals surface area contributed by atoms with E-state index in [-0.39, 0.29) is 0 Å². The Bertz CT molecular complexity index is 487. The average molecular weight is 279 g/mol. The smallest absolute Gasteiger partial charge is 0.191 e. The van der Waals surface area contributed by atoms with Crippen molar-refractivity contribution in [3.8, 4) is 0 Å². The summed E-state index contributed by atoms with van der Waals surface area (Å²) in [4.78, 5) is 4.17. The van der Waals surface area contributed by atoms with Crippen LogP contribution in [0.15, 0.2) is 21.5 Å². The number of guanidine groups is 1. The summed E-state index contributed by atoms with van der Waals surface area (Å²) in [7, 11) is 1.73. The molecule has 0 amide bonds. The van der Waals surface area contributed by atoms with Gasteiger partial charge in [0.05, 0.1) is 6.54 Å². The van der Waals surface area contributed by atoms with E-state index in [1.54, 1.807) is 20.0 Å². The van der Waals surface area contributed by atoms with Gasteiger partial charge in [-0.05, 0) is 44.2 Å². The lowest BCUT2D eigenvalue weighted by atomic mass is 10.0. The van der Waals surface area contributed by atoms with E-state index in [4.69, 9.17) is 4.42 Å². The molecule has 1 fully saturated rings. The highest BCUT2D eigenvalue weighted by atomic mass is 16.4. The minimum absolute atomic E-state index is 0.344. The summed E-state index contributed by atoms with van der Waals surface area (Å²) in [5.41, 5.74) is -0.645. The molecule has 20 heavy (non-hydrogen) atoms. The fourth-order valence-corrected chi connectivity index (χ4v) is 1.97. The van der Waals surface area contributed by atoms with Crippen LogP contribution in [0.1, 0.15) is 38.2 Å². The molecule has 0 aromatic carbocycles. The van der Waals surface area contributed by atoms with E-state index in [1.165, 1.54) is 12.8 Å². The summed E-state index contributed by atoms with van der Waals surface area (Å²) >= 11 is 0. The lowest BCUT2D eigenvalue weighted by Crippen LogP contribution is -2.45. The van der Waals surface area contributed by atoms with E-state index in [9.17, 15) is 5.11 Å². The molecule has 3 N–H and O–H groups in total. The van der Waals surface area contributed by atoms with Crippen molar-refractivity contribution in [2.45, 2.75) is 39.2 Å². The van der Waals surface area contributed by atoms with E-state index in [0.717, 1.165) is 12.3 Å². The number of nitrogens with one attached hydrogen (secondary N) is 2. The third-order valence-electron chi connectivity index (χ3n) is 3.88. The second kappa shape index (κ2) is 5.48. The summed E-state index contributed by atoms with van der Waals surface area (Å²) in [6.45, 7) is 7.11. The maximum atomic E-state index is 10.4. The van der Waals surface area contributed by atoms with Gasteiger partial charge in [0.25, 0.3) is 0 Å². The number of aliphatic imine (C=N–C) groups is 1. The van der Waals surface area contributed by atoms with Crippen molar-refractivity contribution >= 4 is 5.96 Å². The second-order valence-electron chi connectivity index (χ2n) is 6.27. The molecule has 2 rings (SSSR count). The average Bonchev–Trinajstić information content (AvgIpc) is 2.96. The number of hydrogen-bond donors (Lipinski definition) is 3. The highest BCUT2D eigenvalue weighted by molar-refractivity contribution is 5.79. The summed E-state index contributed by atoms with van der Waals surface area (Å²) in [5.74, 6) is 2.07. The summed E-state index contributed by atoms with van der Waals surface area (Å²) in [5, 5.41) is 16.9. The molecular weight excluding hydrogens is 254 g/mol. The Hall–Kier alpha value is -1.49. The van der Waals surface area contributed by atoms with Crippen molar-refractivity contribution in [3.05, 3.63) is 23.7 Å². The molecule has 1 heterocycles. The van der Waals surface area contributed by atoms with Gasteiger partial charge >= 0.3 is 0 Å². The first-order chi connectivity index (χ1) is 9.35. The number of hydrogen-bond acceptors (Lipinski definition) is 3. The van der Waals surface area contributed by atoms with Crippen molar-refractivity contribution in [3.63, 3.8) is 0 Å². The number of nitrogens with zero attached hydrogens (tertiary/aromatic N) is 1. The van der Waals surface area contributed by atoms with Gasteiger partial charge in [0.1, 0.15) is 17.1 Å². The predicted molar refractivity (Wildman–Crippen MR) is 79.7 cm³/mol. The van der Waals surface area contributed by atoms with Crippen LogP contribution in [-0.4, -0.2) is 31.2 Å². The second-order valence-corrected chi connectivity index (χ2v) is 6.27. The topological polar surface area (TPSA) is 69.8 Å². The molecule has 1 atom stereocenters.